The zero-order valence-corrected chi connectivity index (χ0v) is 15.7. The lowest BCUT2D eigenvalue weighted by molar-refractivity contribution is 0.293. The molecule has 24 heavy (non-hydrogen) atoms. The molecule has 0 amide bonds. The molecule has 6 nitrogen and oxygen atoms in total. The summed E-state index contributed by atoms with van der Waals surface area (Å²) in [5.74, 6) is 0.323. The minimum atomic E-state index is 0.286. The van der Waals surface area contributed by atoms with Crippen molar-refractivity contribution in [1.82, 2.24) is 19.5 Å². The molecule has 0 saturated carbocycles. The summed E-state index contributed by atoms with van der Waals surface area (Å²) in [5, 5.41) is 0. The highest BCUT2D eigenvalue weighted by molar-refractivity contribution is 9.10. The van der Waals surface area contributed by atoms with Crippen LogP contribution in [0.2, 0.25) is 0 Å². The van der Waals surface area contributed by atoms with Gasteiger partial charge >= 0.3 is 6.01 Å². The largest absolute Gasteiger partial charge is 0.463 e. The van der Waals surface area contributed by atoms with E-state index in [0.29, 0.717) is 34.9 Å². The molecule has 0 atom stereocenters. The van der Waals surface area contributed by atoms with Crippen molar-refractivity contribution in [3.8, 4) is 6.01 Å². The van der Waals surface area contributed by atoms with Crippen LogP contribution in [-0.2, 0) is 6.54 Å². The standard InChI is InChI=1S/C15H16BrN5O.C2H6/c1-2-8-22-15-19-12(17)11-13(20-15)21(14(16)18-11)9-10-6-4-3-5-7-10;1-2/h3-7H,2,8-9H2,1H3,(H2,17,19,20);1-2H3. The number of hydrogen-bond acceptors (Lipinski definition) is 5. The molecule has 0 fully saturated rings. The SMILES string of the molecule is CC.CCCOc1nc(N)c2nc(Br)n(Cc3ccccc3)c2n1. The van der Waals surface area contributed by atoms with Crippen molar-refractivity contribution in [3.63, 3.8) is 0 Å². The number of aromatic nitrogens is 4. The molecule has 1 aromatic carbocycles. The molecule has 0 saturated heterocycles. The van der Waals surface area contributed by atoms with Crippen molar-refractivity contribution in [2.24, 2.45) is 0 Å². The summed E-state index contributed by atoms with van der Waals surface area (Å²) in [4.78, 5) is 13.0. The van der Waals surface area contributed by atoms with E-state index in [-0.39, 0.29) is 6.01 Å². The van der Waals surface area contributed by atoms with Gasteiger partial charge in [-0.3, -0.25) is 4.57 Å². The van der Waals surface area contributed by atoms with Crippen LogP contribution >= 0.6 is 15.9 Å². The number of benzene rings is 1. The molecule has 0 unspecified atom stereocenters. The third kappa shape index (κ3) is 4.03. The van der Waals surface area contributed by atoms with E-state index in [9.17, 15) is 0 Å². The Hall–Kier alpha value is -2.15. The van der Waals surface area contributed by atoms with E-state index in [4.69, 9.17) is 10.5 Å². The smallest absolute Gasteiger partial charge is 0.320 e. The van der Waals surface area contributed by atoms with Crippen LogP contribution in [0.15, 0.2) is 35.1 Å². The summed E-state index contributed by atoms with van der Waals surface area (Å²) in [6, 6.07) is 10.4. The predicted molar refractivity (Wildman–Crippen MR) is 100 cm³/mol. The number of rotatable bonds is 5. The zero-order chi connectivity index (χ0) is 17.5. The third-order valence-corrected chi connectivity index (χ3v) is 3.78. The Morgan fingerprint density at radius 3 is 2.50 bits per heavy atom. The highest BCUT2D eigenvalue weighted by Crippen LogP contribution is 2.25. The molecule has 0 bridgehead atoms. The number of halogens is 1. The fourth-order valence-electron chi connectivity index (χ4n) is 2.14. The number of anilines is 1. The van der Waals surface area contributed by atoms with Gasteiger partial charge in [-0.1, -0.05) is 51.1 Å². The average Bonchev–Trinajstić information content (AvgIpc) is 2.92. The minimum absolute atomic E-state index is 0.286. The summed E-state index contributed by atoms with van der Waals surface area (Å²) >= 11 is 3.47. The number of nitrogen functional groups attached to an aromatic ring is 1. The molecule has 0 aliphatic carbocycles. The first-order valence-corrected chi connectivity index (χ1v) is 8.84. The molecule has 0 spiro atoms. The molecule has 2 aromatic heterocycles. The van der Waals surface area contributed by atoms with E-state index in [2.05, 4.69) is 43.0 Å². The second-order valence-electron chi connectivity index (χ2n) is 4.86. The molecule has 128 valence electrons. The number of ether oxygens (including phenoxy) is 1. The monoisotopic (exact) mass is 391 g/mol. The lowest BCUT2D eigenvalue weighted by atomic mass is 10.2. The number of nitrogens with zero attached hydrogens (tertiary/aromatic N) is 4. The molecular formula is C17H22BrN5O. The van der Waals surface area contributed by atoms with Crippen molar-refractivity contribution in [3.05, 3.63) is 40.6 Å². The van der Waals surface area contributed by atoms with E-state index in [1.54, 1.807) is 0 Å². The average molecular weight is 392 g/mol. The molecule has 2 heterocycles. The van der Waals surface area contributed by atoms with Crippen molar-refractivity contribution >= 4 is 32.9 Å². The van der Waals surface area contributed by atoms with Gasteiger partial charge in [-0.25, -0.2) is 4.98 Å². The highest BCUT2D eigenvalue weighted by Gasteiger charge is 2.16. The van der Waals surface area contributed by atoms with Crippen LogP contribution in [-0.4, -0.2) is 26.1 Å². The maximum Gasteiger partial charge on any atom is 0.320 e. The van der Waals surface area contributed by atoms with Crippen molar-refractivity contribution in [1.29, 1.82) is 0 Å². The number of nitrogens with two attached hydrogens (primary N) is 1. The number of hydrogen-bond donors (Lipinski definition) is 1. The Labute approximate surface area is 150 Å². The van der Waals surface area contributed by atoms with Gasteiger partial charge in [0.2, 0.25) is 0 Å². The Morgan fingerprint density at radius 2 is 1.83 bits per heavy atom. The van der Waals surface area contributed by atoms with Crippen LogP contribution < -0.4 is 10.5 Å². The van der Waals surface area contributed by atoms with Crippen LogP contribution in [0, 0.1) is 0 Å². The number of imidazole rings is 1. The quantitative estimate of drug-likeness (QED) is 0.663. The van der Waals surface area contributed by atoms with E-state index >= 15 is 0 Å². The van der Waals surface area contributed by atoms with Gasteiger partial charge in [0.25, 0.3) is 0 Å². The van der Waals surface area contributed by atoms with E-state index < -0.39 is 0 Å². The zero-order valence-electron chi connectivity index (χ0n) is 14.2. The molecule has 0 aliphatic heterocycles. The molecule has 0 aliphatic rings. The van der Waals surface area contributed by atoms with Crippen LogP contribution in [0.25, 0.3) is 11.2 Å². The summed E-state index contributed by atoms with van der Waals surface area (Å²) in [6.07, 6.45) is 0.883. The lowest BCUT2D eigenvalue weighted by Gasteiger charge is -2.07. The molecule has 0 radical (unpaired) electrons. The van der Waals surface area contributed by atoms with Gasteiger partial charge in [0, 0.05) is 0 Å². The van der Waals surface area contributed by atoms with Gasteiger partial charge in [0.15, 0.2) is 21.7 Å². The first-order valence-electron chi connectivity index (χ1n) is 8.05. The fraction of sp³-hybridized carbons (Fsp3) is 0.353. The maximum absolute atomic E-state index is 5.98. The normalized spacial score (nSPS) is 10.3. The van der Waals surface area contributed by atoms with Crippen molar-refractivity contribution < 1.29 is 4.74 Å². The van der Waals surface area contributed by atoms with Crippen molar-refractivity contribution in [2.45, 2.75) is 33.7 Å². The summed E-state index contributed by atoms with van der Waals surface area (Å²) in [7, 11) is 0. The van der Waals surface area contributed by atoms with Gasteiger partial charge in [-0.05, 0) is 27.9 Å². The van der Waals surface area contributed by atoms with Gasteiger partial charge in [-0.15, -0.1) is 0 Å². The van der Waals surface area contributed by atoms with Gasteiger partial charge in [0.05, 0.1) is 13.2 Å². The van der Waals surface area contributed by atoms with E-state index in [0.717, 1.165) is 12.0 Å². The molecule has 2 N–H and O–H groups in total. The first-order chi connectivity index (χ1) is 11.7. The Balaban J connectivity index is 0.00000100. The van der Waals surface area contributed by atoms with Crippen molar-refractivity contribution in [2.75, 3.05) is 12.3 Å². The predicted octanol–water partition coefficient (Wildman–Crippen LogP) is 4.03. The van der Waals surface area contributed by atoms with Crippen LogP contribution in [0.1, 0.15) is 32.8 Å². The summed E-state index contributed by atoms with van der Waals surface area (Å²) < 4.78 is 8.11. The van der Waals surface area contributed by atoms with Crippen LogP contribution in [0.5, 0.6) is 6.01 Å². The number of fused-ring (bicyclic) bond motifs is 1. The van der Waals surface area contributed by atoms with Crippen LogP contribution in [0.3, 0.4) is 0 Å². The second kappa shape index (κ2) is 8.63. The van der Waals surface area contributed by atoms with Gasteiger partial charge < -0.3 is 10.5 Å². The second-order valence-corrected chi connectivity index (χ2v) is 5.57. The van der Waals surface area contributed by atoms with Crippen LogP contribution in [0.4, 0.5) is 5.82 Å². The Morgan fingerprint density at radius 1 is 1.12 bits per heavy atom. The Bertz CT molecular complexity index is 789. The molecular weight excluding hydrogens is 370 g/mol. The molecule has 7 heteroatoms. The summed E-state index contributed by atoms with van der Waals surface area (Å²) in [6.45, 7) is 7.22. The Kier molecular flexibility index (Phi) is 6.54. The lowest BCUT2D eigenvalue weighted by Crippen LogP contribution is -2.06. The molecule has 3 aromatic rings. The molecule has 3 rings (SSSR count). The third-order valence-electron chi connectivity index (χ3n) is 3.17. The van der Waals surface area contributed by atoms with E-state index in [1.807, 2.05) is 43.5 Å². The van der Waals surface area contributed by atoms with Gasteiger partial charge in [-0.2, -0.15) is 9.97 Å². The summed E-state index contributed by atoms with van der Waals surface area (Å²) in [5.41, 5.74) is 8.36. The van der Waals surface area contributed by atoms with E-state index in [1.165, 1.54) is 0 Å². The maximum atomic E-state index is 5.98. The fourth-order valence-corrected chi connectivity index (χ4v) is 2.61. The first kappa shape index (κ1) is 18.2. The highest BCUT2D eigenvalue weighted by atomic mass is 79.9. The van der Waals surface area contributed by atoms with Gasteiger partial charge in [0.1, 0.15) is 0 Å². The topological polar surface area (TPSA) is 78.9 Å². The minimum Gasteiger partial charge on any atom is -0.463 e.